The van der Waals surface area contributed by atoms with E-state index in [1.165, 1.54) is 0 Å². The van der Waals surface area contributed by atoms with Gasteiger partial charge in [0.1, 0.15) is 0 Å². The quantitative estimate of drug-likeness (QED) is 0.761. The highest BCUT2D eigenvalue weighted by Crippen LogP contribution is 2.07. The summed E-state index contributed by atoms with van der Waals surface area (Å²) in [5, 5.41) is 8.71. The van der Waals surface area contributed by atoms with Gasteiger partial charge in [-0.15, -0.1) is 0 Å². The Morgan fingerprint density at radius 2 is 1.88 bits per heavy atom. The van der Waals surface area contributed by atoms with Crippen molar-refractivity contribution in [2.24, 2.45) is 5.73 Å². The number of nitrogens with zero attached hydrogens (tertiary/aromatic N) is 1. The van der Waals surface area contributed by atoms with Gasteiger partial charge in [0.05, 0.1) is 6.54 Å². The SMILES string of the molecule is CCN(CC(=O)O)Cc1ccc(C(N)=O)cc1. The highest BCUT2D eigenvalue weighted by Gasteiger charge is 2.08. The van der Waals surface area contributed by atoms with Crippen LogP contribution in [0.25, 0.3) is 0 Å². The van der Waals surface area contributed by atoms with Crippen molar-refractivity contribution in [1.82, 2.24) is 4.90 Å². The van der Waals surface area contributed by atoms with Crippen molar-refractivity contribution in [3.05, 3.63) is 35.4 Å². The zero-order valence-electron chi connectivity index (χ0n) is 9.72. The largest absolute Gasteiger partial charge is 0.480 e. The summed E-state index contributed by atoms with van der Waals surface area (Å²) in [5.41, 5.74) is 6.54. The number of nitrogens with two attached hydrogens (primary N) is 1. The number of aliphatic carboxylic acids is 1. The number of benzene rings is 1. The second-order valence-corrected chi connectivity index (χ2v) is 3.76. The van der Waals surface area contributed by atoms with Gasteiger partial charge in [0.2, 0.25) is 5.91 Å². The Hall–Kier alpha value is -1.88. The van der Waals surface area contributed by atoms with E-state index in [2.05, 4.69) is 0 Å². The third-order valence-corrected chi connectivity index (χ3v) is 2.45. The molecule has 0 aliphatic heterocycles. The van der Waals surface area contributed by atoms with Crippen LogP contribution < -0.4 is 5.73 Å². The molecule has 0 fully saturated rings. The molecule has 0 radical (unpaired) electrons. The van der Waals surface area contributed by atoms with Crippen molar-refractivity contribution in [2.75, 3.05) is 13.1 Å². The number of hydrogen-bond donors (Lipinski definition) is 2. The van der Waals surface area contributed by atoms with Crippen molar-refractivity contribution >= 4 is 11.9 Å². The molecule has 0 unspecified atom stereocenters. The van der Waals surface area contributed by atoms with Crippen molar-refractivity contribution in [3.8, 4) is 0 Å². The first-order valence-electron chi connectivity index (χ1n) is 5.35. The molecule has 0 aliphatic carbocycles. The van der Waals surface area contributed by atoms with Crippen LogP contribution in [0, 0.1) is 0 Å². The van der Waals surface area contributed by atoms with Crippen LogP contribution in [-0.2, 0) is 11.3 Å². The van der Waals surface area contributed by atoms with Gasteiger partial charge in [-0.05, 0) is 24.2 Å². The average Bonchev–Trinajstić information content (AvgIpc) is 2.28. The Morgan fingerprint density at radius 1 is 1.29 bits per heavy atom. The van der Waals surface area contributed by atoms with E-state index in [1.807, 2.05) is 6.92 Å². The van der Waals surface area contributed by atoms with Crippen molar-refractivity contribution in [2.45, 2.75) is 13.5 Å². The molecule has 0 saturated carbocycles. The molecule has 17 heavy (non-hydrogen) atoms. The Balaban J connectivity index is 2.67. The molecule has 1 aromatic rings. The Bertz CT molecular complexity index is 401. The van der Waals surface area contributed by atoms with Crippen LogP contribution in [0.15, 0.2) is 24.3 Å². The van der Waals surface area contributed by atoms with Crippen LogP contribution >= 0.6 is 0 Å². The summed E-state index contributed by atoms with van der Waals surface area (Å²) >= 11 is 0. The highest BCUT2D eigenvalue weighted by molar-refractivity contribution is 5.92. The molecule has 1 amide bonds. The van der Waals surface area contributed by atoms with Gasteiger partial charge < -0.3 is 10.8 Å². The van der Waals surface area contributed by atoms with Gasteiger partial charge in [0, 0.05) is 12.1 Å². The smallest absolute Gasteiger partial charge is 0.317 e. The van der Waals surface area contributed by atoms with E-state index in [0.29, 0.717) is 18.7 Å². The van der Waals surface area contributed by atoms with E-state index in [-0.39, 0.29) is 6.54 Å². The first kappa shape index (κ1) is 13.2. The van der Waals surface area contributed by atoms with Gasteiger partial charge >= 0.3 is 5.97 Å². The minimum Gasteiger partial charge on any atom is -0.480 e. The van der Waals surface area contributed by atoms with E-state index < -0.39 is 11.9 Å². The fraction of sp³-hybridized carbons (Fsp3) is 0.333. The first-order chi connectivity index (χ1) is 8.02. The van der Waals surface area contributed by atoms with Crippen LogP contribution in [0.4, 0.5) is 0 Å². The zero-order valence-corrected chi connectivity index (χ0v) is 9.72. The second-order valence-electron chi connectivity index (χ2n) is 3.76. The lowest BCUT2D eigenvalue weighted by atomic mass is 10.1. The van der Waals surface area contributed by atoms with Crippen molar-refractivity contribution in [1.29, 1.82) is 0 Å². The summed E-state index contributed by atoms with van der Waals surface area (Å²) in [4.78, 5) is 23.3. The minimum absolute atomic E-state index is 0.00801. The van der Waals surface area contributed by atoms with E-state index in [9.17, 15) is 9.59 Å². The molecule has 1 aromatic carbocycles. The maximum atomic E-state index is 10.9. The lowest BCUT2D eigenvalue weighted by Gasteiger charge is -2.17. The lowest BCUT2D eigenvalue weighted by Crippen LogP contribution is -2.29. The monoisotopic (exact) mass is 236 g/mol. The van der Waals surface area contributed by atoms with E-state index in [0.717, 1.165) is 5.56 Å². The van der Waals surface area contributed by atoms with Crippen LogP contribution in [0.3, 0.4) is 0 Å². The van der Waals surface area contributed by atoms with E-state index in [1.54, 1.807) is 29.2 Å². The summed E-state index contributed by atoms with van der Waals surface area (Å²) < 4.78 is 0. The predicted molar refractivity (Wildman–Crippen MR) is 63.5 cm³/mol. The maximum Gasteiger partial charge on any atom is 0.317 e. The molecule has 1 rings (SSSR count). The number of primary amides is 1. The Kier molecular flexibility index (Phi) is 4.66. The van der Waals surface area contributed by atoms with Crippen LogP contribution in [-0.4, -0.2) is 35.0 Å². The Morgan fingerprint density at radius 3 is 2.29 bits per heavy atom. The summed E-state index contributed by atoms with van der Waals surface area (Å²) in [6, 6.07) is 6.85. The number of likely N-dealkylation sites (N-methyl/N-ethyl adjacent to an activating group) is 1. The number of rotatable bonds is 6. The minimum atomic E-state index is -0.847. The molecular formula is C12H16N2O3. The molecule has 5 heteroatoms. The molecular weight excluding hydrogens is 220 g/mol. The number of hydrogen-bond acceptors (Lipinski definition) is 3. The molecule has 5 nitrogen and oxygen atoms in total. The maximum absolute atomic E-state index is 10.9. The van der Waals surface area contributed by atoms with Gasteiger partial charge in [-0.2, -0.15) is 0 Å². The third kappa shape index (κ3) is 4.24. The van der Waals surface area contributed by atoms with Gasteiger partial charge in [0.25, 0.3) is 0 Å². The number of carboxylic acid groups (broad SMARTS) is 1. The average molecular weight is 236 g/mol. The van der Waals surface area contributed by atoms with Crippen LogP contribution in [0.2, 0.25) is 0 Å². The molecule has 0 saturated heterocycles. The molecule has 0 spiro atoms. The normalized spacial score (nSPS) is 10.5. The highest BCUT2D eigenvalue weighted by atomic mass is 16.4. The van der Waals surface area contributed by atoms with E-state index >= 15 is 0 Å². The van der Waals surface area contributed by atoms with E-state index in [4.69, 9.17) is 10.8 Å². The van der Waals surface area contributed by atoms with Crippen LogP contribution in [0.1, 0.15) is 22.8 Å². The molecule has 92 valence electrons. The molecule has 0 heterocycles. The third-order valence-electron chi connectivity index (χ3n) is 2.45. The summed E-state index contributed by atoms with van der Waals surface area (Å²) in [6.45, 7) is 3.11. The lowest BCUT2D eigenvalue weighted by molar-refractivity contribution is -0.138. The Labute approximate surface area is 99.8 Å². The molecule has 0 bridgehead atoms. The van der Waals surface area contributed by atoms with Crippen molar-refractivity contribution in [3.63, 3.8) is 0 Å². The zero-order chi connectivity index (χ0) is 12.8. The number of amides is 1. The molecule has 0 aromatic heterocycles. The van der Waals surface area contributed by atoms with Gasteiger partial charge in [-0.3, -0.25) is 14.5 Å². The van der Waals surface area contributed by atoms with Crippen LogP contribution in [0.5, 0.6) is 0 Å². The van der Waals surface area contributed by atoms with Gasteiger partial charge in [0.15, 0.2) is 0 Å². The molecule has 3 N–H and O–H groups in total. The fourth-order valence-corrected chi connectivity index (χ4v) is 1.50. The summed E-state index contributed by atoms with van der Waals surface area (Å²) in [7, 11) is 0. The molecule has 0 atom stereocenters. The summed E-state index contributed by atoms with van der Waals surface area (Å²) in [6.07, 6.45) is 0. The number of carbonyl (C=O) groups excluding carboxylic acids is 1. The first-order valence-corrected chi connectivity index (χ1v) is 5.35. The van der Waals surface area contributed by atoms with Gasteiger partial charge in [-0.25, -0.2) is 0 Å². The predicted octanol–water partition coefficient (Wildman–Crippen LogP) is 0.692. The van der Waals surface area contributed by atoms with Crippen molar-refractivity contribution < 1.29 is 14.7 Å². The molecule has 0 aliphatic rings. The summed E-state index contributed by atoms with van der Waals surface area (Å²) in [5.74, 6) is -1.31. The van der Waals surface area contributed by atoms with Gasteiger partial charge in [-0.1, -0.05) is 19.1 Å². The fourth-order valence-electron chi connectivity index (χ4n) is 1.50. The standard InChI is InChI=1S/C12H16N2O3/c1-2-14(8-11(15)16)7-9-3-5-10(6-4-9)12(13)17/h3-6H,2,7-8H2,1H3,(H2,13,17)(H,15,16). The topological polar surface area (TPSA) is 83.6 Å². The number of carboxylic acids is 1. The second kappa shape index (κ2) is 6.00. The number of carbonyl (C=O) groups is 2.